The quantitative estimate of drug-likeness (QED) is 0.582. The normalized spacial score (nSPS) is 11.2. The van der Waals surface area contributed by atoms with Crippen LogP contribution >= 0.6 is 0 Å². The summed E-state index contributed by atoms with van der Waals surface area (Å²) in [5, 5.41) is 3.47. The fourth-order valence-corrected chi connectivity index (χ4v) is 2.15. The minimum Gasteiger partial charge on any atom is -0.381 e. The predicted molar refractivity (Wildman–Crippen MR) is 87.1 cm³/mol. The summed E-state index contributed by atoms with van der Waals surface area (Å²) in [4.78, 5) is 0. The van der Waals surface area contributed by atoms with Crippen molar-refractivity contribution in [3.8, 4) is 0 Å². The molecule has 2 nitrogen and oxygen atoms in total. The van der Waals surface area contributed by atoms with Crippen molar-refractivity contribution >= 4 is 0 Å². The van der Waals surface area contributed by atoms with Gasteiger partial charge in [0, 0.05) is 13.2 Å². The lowest BCUT2D eigenvalue weighted by atomic mass is 10.1. The van der Waals surface area contributed by atoms with Crippen LogP contribution in [0, 0.1) is 5.92 Å². The topological polar surface area (TPSA) is 21.3 Å². The third kappa shape index (κ3) is 9.99. The van der Waals surface area contributed by atoms with Crippen LogP contribution in [0.25, 0.3) is 0 Å². The average Bonchev–Trinajstić information content (AvgIpc) is 2.45. The largest absolute Gasteiger partial charge is 0.381 e. The molecule has 0 heterocycles. The molecule has 0 aliphatic heterocycles. The molecule has 0 aromatic heterocycles. The number of nitrogens with one attached hydrogen (secondary N) is 1. The maximum atomic E-state index is 5.68. The first kappa shape index (κ1) is 17.2. The number of benzene rings is 1. The maximum Gasteiger partial charge on any atom is 0.0469 e. The Morgan fingerprint density at radius 2 is 1.70 bits per heavy atom. The Balaban J connectivity index is 1.79. The molecule has 2 heteroatoms. The molecule has 1 aromatic carbocycles. The minimum atomic E-state index is 0.753. The lowest BCUT2D eigenvalue weighted by molar-refractivity contribution is 0.128. The second-order valence-electron chi connectivity index (χ2n) is 5.86. The fraction of sp³-hybridized carbons (Fsp3) is 0.667. The second kappa shape index (κ2) is 11.9. The minimum absolute atomic E-state index is 0.753. The van der Waals surface area contributed by atoms with Crippen LogP contribution in [0.4, 0.5) is 0 Å². The van der Waals surface area contributed by atoms with Gasteiger partial charge in [-0.05, 0) is 56.7 Å². The number of unbranched alkanes of at least 4 members (excludes halogenated alkanes) is 2. The maximum absolute atomic E-state index is 5.68. The third-order valence-corrected chi connectivity index (χ3v) is 3.29. The smallest absolute Gasteiger partial charge is 0.0469 e. The zero-order chi connectivity index (χ0) is 14.5. The highest BCUT2D eigenvalue weighted by Crippen LogP contribution is 2.03. The van der Waals surface area contributed by atoms with Crippen molar-refractivity contribution in [3.63, 3.8) is 0 Å². The summed E-state index contributed by atoms with van der Waals surface area (Å²) in [7, 11) is 0. The molecule has 0 fully saturated rings. The molecule has 0 atom stereocenters. The standard InChI is InChI=1S/C18H31NO/c1-17(2)16-19-13-7-4-8-14-20-15-9-12-18-10-5-3-6-11-18/h3,5-6,10-11,17,19H,4,7-9,12-16H2,1-2H3. The van der Waals surface area contributed by atoms with E-state index in [1.165, 1.54) is 24.8 Å². The van der Waals surface area contributed by atoms with Crippen LogP contribution in [-0.4, -0.2) is 26.3 Å². The van der Waals surface area contributed by atoms with Gasteiger partial charge in [-0.25, -0.2) is 0 Å². The van der Waals surface area contributed by atoms with Crippen LogP contribution in [0.2, 0.25) is 0 Å². The Bertz CT molecular complexity index is 310. The highest BCUT2D eigenvalue weighted by atomic mass is 16.5. The fourth-order valence-electron chi connectivity index (χ4n) is 2.15. The molecule has 0 unspecified atom stereocenters. The molecule has 20 heavy (non-hydrogen) atoms. The number of aryl methyl sites for hydroxylation is 1. The van der Waals surface area contributed by atoms with Crippen LogP contribution in [-0.2, 0) is 11.2 Å². The molecule has 1 rings (SSSR count). The first-order valence-electron chi connectivity index (χ1n) is 8.11. The first-order chi connectivity index (χ1) is 9.79. The number of ether oxygens (including phenoxy) is 1. The van der Waals surface area contributed by atoms with E-state index in [4.69, 9.17) is 4.74 Å². The Kier molecular flexibility index (Phi) is 10.3. The van der Waals surface area contributed by atoms with Gasteiger partial charge in [0.25, 0.3) is 0 Å². The third-order valence-electron chi connectivity index (χ3n) is 3.29. The van der Waals surface area contributed by atoms with Crippen molar-refractivity contribution in [3.05, 3.63) is 35.9 Å². The Morgan fingerprint density at radius 1 is 0.950 bits per heavy atom. The van der Waals surface area contributed by atoms with Gasteiger partial charge in [0.2, 0.25) is 0 Å². The lowest BCUT2D eigenvalue weighted by Crippen LogP contribution is -2.20. The van der Waals surface area contributed by atoms with Crippen LogP contribution in [0.15, 0.2) is 30.3 Å². The van der Waals surface area contributed by atoms with E-state index in [0.717, 1.165) is 45.1 Å². The molecule has 114 valence electrons. The van der Waals surface area contributed by atoms with Crippen LogP contribution < -0.4 is 5.32 Å². The molecule has 1 N–H and O–H groups in total. The predicted octanol–water partition coefficient (Wildman–Crippen LogP) is 4.05. The summed E-state index contributed by atoms with van der Waals surface area (Å²) in [6, 6.07) is 10.6. The molecule has 0 aliphatic carbocycles. The summed E-state index contributed by atoms with van der Waals surface area (Å²) in [6.07, 6.45) is 5.97. The Labute approximate surface area is 124 Å². The van der Waals surface area contributed by atoms with Crippen molar-refractivity contribution in [2.45, 2.75) is 46.0 Å². The zero-order valence-electron chi connectivity index (χ0n) is 13.2. The molecular weight excluding hydrogens is 246 g/mol. The molecule has 0 spiro atoms. The molecule has 0 bridgehead atoms. The molecular formula is C18H31NO. The van der Waals surface area contributed by atoms with E-state index in [1.807, 2.05) is 0 Å². The second-order valence-corrected chi connectivity index (χ2v) is 5.86. The van der Waals surface area contributed by atoms with E-state index in [0.29, 0.717) is 0 Å². The van der Waals surface area contributed by atoms with Gasteiger partial charge in [-0.2, -0.15) is 0 Å². The average molecular weight is 277 g/mol. The number of rotatable bonds is 12. The van der Waals surface area contributed by atoms with Gasteiger partial charge in [0.05, 0.1) is 0 Å². The molecule has 0 saturated carbocycles. The summed E-state index contributed by atoms with van der Waals surface area (Å²) < 4.78 is 5.68. The molecule has 0 amide bonds. The van der Waals surface area contributed by atoms with Crippen molar-refractivity contribution in [2.24, 2.45) is 5.92 Å². The van der Waals surface area contributed by atoms with Gasteiger partial charge in [-0.3, -0.25) is 0 Å². The van der Waals surface area contributed by atoms with Crippen molar-refractivity contribution in [1.29, 1.82) is 0 Å². The van der Waals surface area contributed by atoms with Crippen LogP contribution in [0.1, 0.15) is 45.1 Å². The van der Waals surface area contributed by atoms with Crippen LogP contribution in [0.3, 0.4) is 0 Å². The highest BCUT2D eigenvalue weighted by molar-refractivity contribution is 5.14. The summed E-state index contributed by atoms with van der Waals surface area (Å²) in [5.74, 6) is 0.753. The summed E-state index contributed by atoms with van der Waals surface area (Å²) in [6.45, 7) is 8.58. The van der Waals surface area contributed by atoms with Crippen LogP contribution in [0.5, 0.6) is 0 Å². The van der Waals surface area contributed by atoms with Gasteiger partial charge < -0.3 is 10.1 Å². The summed E-state index contributed by atoms with van der Waals surface area (Å²) in [5.41, 5.74) is 1.41. The van der Waals surface area contributed by atoms with E-state index >= 15 is 0 Å². The monoisotopic (exact) mass is 277 g/mol. The van der Waals surface area contributed by atoms with Gasteiger partial charge in [0.15, 0.2) is 0 Å². The van der Waals surface area contributed by atoms with E-state index in [-0.39, 0.29) is 0 Å². The zero-order valence-corrected chi connectivity index (χ0v) is 13.2. The Hall–Kier alpha value is -0.860. The highest BCUT2D eigenvalue weighted by Gasteiger charge is 1.95. The van der Waals surface area contributed by atoms with Gasteiger partial charge in [0.1, 0.15) is 0 Å². The molecule has 0 aliphatic rings. The molecule has 1 aromatic rings. The van der Waals surface area contributed by atoms with Gasteiger partial charge >= 0.3 is 0 Å². The van der Waals surface area contributed by atoms with E-state index in [1.54, 1.807) is 0 Å². The SMILES string of the molecule is CC(C)CNCCCCCOCCCc1ccccc1. The van der Waals surface area contributed by atoms with E-state index in [2.05, 4.69) is 49.5 Å². The number of hydrogen-bond donors (Lipinski definition) is 1. The first-order valence-corrected chi connectivity index (χ1v) is 8.11. The van der Waals surface area contributed by atoms with Crippen molar-refractivity contribution in [2.75, 3.05) is 26.3 Å². The molecule has 0 saturated heterocycles. The van der Waals surface area contributed by atoms with Gasteiger partial charge in [-0.1, -0.05) is 44.2 Å². The van der Waals surface area contributed by atoms with E-state index in [9.17, 15) is 0 Å². The van der Waals surface area contributed by atoms with E-state index < -0.39 is 0 Å². The number of hydrogen-bond acceptors (Lipinski definition) is 2. The summed E-state index contributed by atoms with van der Waals surface area (Å²) >= 11 is 0. The molecule has 0 radical (unpaired) electrons. The lowest BCUT2D eigenvalue weighted by Gasteiger charge is -2.07. The van der Waals surface area contributed by atoms with Crippen molar-refractivity contribution < 1.29 is 4.74 Å². The van der Waals surface area contributed by atoms with Crippen molar-refractivity contribution in [1.82, 2.24) is 5.32 Å². The Morgan fingerprint density at radius 3 is 2.45 bits per heavy atom. The van der Waals surface area contributed by atoms with Gasteiger partial charge in [-0.15, -0.1) is 0 Å².